The third kappa shape index (κ3) is 5.06. The highest BCUT2D eigenvalue weighted by atomic mass is 32.1. The lowest BCUT2D eigenvalue weighted by Crippen LogP contribution is -2.36. The van der Waals surface area contributed by atoms with E-state index in [4.69, 9.17) is 0 Å². The zero-order valence-electron chi connectivity index (χ0n) is 20.1. The van der Waals surface area contributed by atoms with Crippen LogP contribution in [0.25, 0.3) is 5.69 Å². The maximum atomic E-state index is 13.0. The fraction of sp³-hybridized carbons (Fsp3) is 0.462. The SMILES string of the molecule is CCC(C)CN(C(=NC)c1cc(NC(=O)c2cc(-n3cnc(C4CC4)c3)ccn2)cs1)C1CC1. The van der Waals surface area contributed by atoms with Gasteiger partial charge in [-0.2, -0.15) is 0 Å². The van der Waals surface area contributed by atoms with Gasteiger partial charge in [-0.05, 0) is 49.8 Å². The highest BCUT2D eigenvalue weighted by Gasteiger charge is 2.33. The van der Waals surface area contributed by atoms with Crippen LogP contribution in [0.4, 0.5) is 5.69 Å². The van der Waals surface area contributed by atoms with Crippen molar-refractivity contribution in [2.45, 2.75) is 57.9 Å². The predicted molar refractivity (Wildman–Crippen MR) is 137 cm³/mol. The minimum absolute atomic E-state index is 0.220. The first-order valence-electron chi connectivity index (χ1n) is 12.2. The van der Waals surface area contributed by atoms with Crippen molar-refractivity contribution in [3.8, 4) is 5.69 Å². The lowest BCUT2D eigenvalue weighted by molar-refractivity contribution is 0.102. The van der Waals surface area contributed by atoms with Crippen molar-refractivity contribution in [3.05, 3.63) is 58.6 Å². The normalized spacial score (nSPS) is 17.0. The maximum absolute atomic E-state index is 13.0. The van der Waals surface area contributed by atoms with Gasteiger partial charge in [0, 0.05) is 43.3 Å². The van der Waals surface area contributed by atoms with Crippen LogP contribution in [0.3, 0.4) is 0 Å². The molecular weight excluding hydrogens is 444 g/mol. The first-order chi connectivity index (χ1) is 16.6. The van der Waals surface area contributed by atoms with Crippen molar-refractivity contribution < 1.29 is 4.79 Å². The molecule has 2 saturated carbocycles. The van der Waals surface area contributed by atoms with Gasteiger partial charge in [0.1, 0.15) is 11.5 Å². The summed E-state index contributed by atoms with van der Waals surface area (Å²) in [7, 11) is 1.86. The van der Waals surface area contributed by atoms with Gasteiger partial charge in [0.15, 0.2) is 0 Å². The van der Waals surface area contributed by atoms with E-state index in [0.29, 0.717) is 23.6 Å². The number of anilines is 1. The molecule has 178 valence electrons. The van der Waals surface area contributed by atoms with Crippen LogP contribution < -0.4 is 5.32 Å². The molecule has 1 amide bonds. The van der Waals surface area contributed by atoms with Gasteiger partial charge >= 0.3 is 0 Å². The second-order valence-corrected chi connectivity index (χ2v) is 10.4. The van der Waals surface area contributed by atoms with E-state index in [2.05, 4.69) is 45.2 Å². The number of carbonyl (C=O) groups excluding carboxylic acids is 1. The monoisotopic (exact) mass is 476 g/mol. The van der Waals surface area contributed by atoms with Gasteiger partial charge in [0.25, 0.3) is 5.91 Å². The largest absolute Gasteiger partial charge is 0.353 e. The number of aliphatic imine (C=N–C) groups is 1. The number of nitrogens with one attached hydrogen (secondary N) is 1. The van der Waals surface area contributed by atoms with E-state index >= 15 is 0 Å². The Labute approximate surface area is 205 Å². The number of amides is 1. The van der Waals surface area contributed by atoms with Crippen LogP contribution in [0.15, 0.2) is 47.3 Å². The summed E-state index contributed by atoms with van der Waals surface area (Å²) in [5, 5.41) is 5.00. The summed E-state index contributed by atoms with van der Waals surface area (Å²) in [4.78, 5) is 30.0. The molecule has 1 unspecified atom stereocenters. The zero-order chi connectivity index (χ0) is 23.7. The molecule has 0 bridgehead atoms. The Morgan fingerprint density at radius 1 is 1.29 bits per heavy atom. The maximum Gasteiger partial charge on any atom is 0.274 e. The first kappa shape index (κ1) is 22.8. The highest BCUT2D eigenvalue weighted by molar-refractivity contribution is 7.12. The molecule has 1 N–H and O–H groups in total. The molecule has 3 heterocycles. The number of pyridine rings is 1. The summed E-state index contributed by atoms with van der Waals surface area (Å²) in [5.41, 5.74) is 3.16. The van der Waals surface area contributed by atoms with Gasteiger partial charge in [0.2, 0.25) is 0 Å². The Morgan fingerprint density at radius 3 is 2.82 bits per heavy atom. The molecule has 5 rings (SSSR count). The molecule has 2 fully saturated rings. The van der Waals surface area contributed by atoms with E-state index < -0.39 is 0 Å². The topological polar surface area (TPSA) is 75.4 Å². The summed E-state index contributed by atoms with van der Waals surface area (Å²) >= 11 is 1.62. The number of aromatic nitrogens is 3. The summed E-state index contributed by atoms with van der Waals surface area (Å²) in [6.45, 7) is 5.54. The minimum atomic E-state index is -0.220. The van der Waals surface area contributed by atoms with Gasteiger partial charge < -0.3 is 14.8 Å². The molecule has 0 saturated heterocycles. The summed E-state index contributed by atoms with van der Waals surface area (Å²) in [6, 6.07) is 6.31. The van der Waals surface area contributed by atoms with Gasteiger partial charge in [-0.25, -0.2) is 4.98 Å². The molecule has 7 nitrogen and oxygen atoms in total. The van der Waals surface area contributed by atoms with Crippen molar-refractivity contribution in [1.82, 2.24) is 19.4 Å². The minimum Gasteiger partial charge on any atom is -0.353 e. The average molecular weight is 477 g/mol. The van der Waals surface area contributed by atoms with Crippen molar-refractivity contribution in [1.29, 1.82) is 0 Å². The molecule has 2 aliphatic carbocycles. The smallest absolute Gasteiger partial charge is 0.274 e. The number of imidazole rings is 1. The molecule has 3 aromatic heterocycles. The number of thiophene rings is 1. The van der Waals surface area contributed by atoms with E-state index in [-0.39, 0.29) is 5.91 Å². The Hall–Kier alpha value is -3.00. The van der Waals surface area contributed by atoms with Crippen LogP contribution in [-0.4, -0.2) is 50.8 Å². The molecule has 2 aliphatic rings. The van der Waals surface area contributed by atoms with Crippen LogP contribution in [0.1, 0.15) is 72.9 Å². The number of rotatable bonds is 9. The Morgan fingerprint density at radius 2 is 2.12 bits per heavy atom. The quantitative estimate of drug-likeness (QED) is 0.334. The zero-order valence-corrected chi connectivity index (χ0v) is 20.9. The van der Waals surface area contributed by atoms with Crippen LogP contribution in [0.5, 0.6) is 0 Å². The fourth-order valence-corrected chi connectivity index (χ4v) is 5.02. The second-order valence-electron chi connectivity index (χ2n) is 9.48. The molecule has 3 aromatic rings. The molecule has 34 heavy (non-hydrogen) atoms. The van der Waals surface area contributed by atoms with Crippen molar-refractivity contribution in [2.24, 2.45) is 10.9 Å². The predicted octanol–water partition coefficient (Wildman–Crippen LogP) is 5.35. The number of hydrogen-bond acceptors (Lipinski definition) is 5. The molecule has 1 atom stereocenters. The van der Waals surface area contributed by atoms with Crippen molar-refractivity contribution >= 4 is 28.8 Å². The average Bonchev–Trinajstić information content (AvgIpc) is 3.79. The van der Waals surface area contributed by atoms with Crippen LogP contribution in [-0.2, 0) is 0 Å². The van der Waals surface area contributed by atoms with Crippen molar-refractivity contribution in [3.63, 3.8) is 0 Å². The number of carbonyl (C=O) groups is 1. The summed E-state index contributed by atoms with van der Waals surface area (Å²) < 4.78 is 1.96. The molecule has 0 aromatic carbocycles. The number of amidine groups is 1. The number of nitrogens with zero attached hydrogens (tertiary/aromatic N) is 5. The third-order valence-electron chi connectivity index (χ3n) is 6.63. The first-order valence-corrected chi connectivity index (χ1v) is 13.1. The van der Waals surface area contributed by atoms with Gasteiger partial charge in [-0.15, -0.1) is 11.3 Å². The number of hydrogen-bond donors (Lipinski definition) is 1. The van der Waals surface area contributed by atoms with Crippen molar-refractivity contribution in [2.75, 3.05) is 18.9 Å². The summed E-state index contributed by atoms with van der Waals surface area (Å²) in [6.07, 6.45) is 11.6. The Kier molecular flexibility index (Phi) is 6.50. The second kappa shape index (κ2) is 9.70. The lowest BCUT2D eigenvalue weighted by Gasteiger charge is -2.28. The van der Waals surface area contributed by atoms with Crippen LogP contribution >= 0.6 is 11.3 Å². The fourth-order valence-electron chi connectivity index (χ4n) is 4.13. The van der Waals surface area contributed by atoms with E-state index in [9.17, 15) is 4.79 Å². The molecular formula is C26H32N6OS. The van der Waals surface area contributed by atoms with Gasteiger partial charge in [0.05, 0.1) is 28.3 Å². The van der Waals surface area contributed by atoms with E-state index in [0.717, 1.165) is 40.7 Å². The lowest BCUT2D eigenvalue weighted by atomic mass is 10.1. The van der Waals surface area contributed by atoms with E-state index in [1.54, 1.807) is 23.6 Å². The Balaban J connectivity index is 1.29. The van der Waals surface area contributed by atoms with E-state index in [1.165, 1.54) is 25.7 Å². The molecule has 8 heteroatoms. The van der Waals surface area contributed by atoms with Gasteiger partial charge in [-0.1, -0.05) is 20.3 Å². The molecule has 0 radical (unpaired) electrons. The highest BCUT2D eigenvalue weighted by Crippen LogP contribution is 2.39. The van der Waals surface area contributed by atoms with Crippen LogP contribution in [0, 0.1) is 5.92 Å². The van der Waals surface area contributed by atoms with Crippen LogP contribution in [0.2, 0.25) is 0 Å². The molecule has 0 spiro atoms. The third-order valence-corrected chi connectivity index (χ3v) is 7.55. The van der Waals surface area contributed by atoms with E-state index in [1.807, 2.05) is 35.5 Å². The Bertz CT molecular complexity index is 1190. The summed E-state index contributed by atoms with van der Waals surface area (Å²) in [5.74, 6) is 2.02. The van der Waals surface area contributed by atoms with Gasteiger partial charge in [-0.3, -0.25) is 14.8 Å². The molecule has 0 aliphatic heterocycles. The standard InChI is InChI=1S/C26H32N6OS/c1-4-17(2)13-32(20-7-8-20)25(27-3)24-11-19(15-34-24)30-26(33)22-12-21(9-10-28-22)31-14-23(29-16-31)18-5-6-18/h9-12,14-18,20H,4-8,13H2,1-3H3,(H,30,33).